The number of carbonyl (C=O) groups excluding carboxylic acids is 1. The van der Waals surface area contributed by atoms with E-state index in [1.807, 2.05) is 22.9 Å². The van der Waals surface area contributed by atoms with Crippen LogP contribution in [-0.4, -0.2) is 23.9 Å². The smallest absolute Gasteiger partial charge is 0.271 e. The van der Waals surface area contributed by atoms with Crippen LogP contribution in [0.5, 0.6) is 0 Å². The second-order valence-corrected chi connectivity index (χ2v) is 8.95. The molecule has 0 aliphatic carbocycles. The van der Waals surface area contributed by atoms with Crippen molar-refractivity contribution in [2.24, 2.45) is 0 Å². The number of imidazole rings is 1. The van der Waals surface area contributed by atoms with Crippen molar-refractivity contribution in [3.05, 3.63) is 90.3 Å². The molecule has 0 saturated heterocycles. The van der Waals surface area contributed by atoms with Crippen molar-refractivity contribution in [3.8, 4) is 5.69 Å². The van der Waals surface area contributed by atoms with Crippen molar-refractivity contribution < 1.29 is 13.2 Å². The van der Waals surface area contributed by atoms with Gasteiger partial charge >= 0.3 is 0 Å². The van der Waals surface area contributed by atoms with E-state index in [1.54, 1.807) is 54.3 Å². The Bertz CT molecular complexity index is 1220. The van der Waals surface area contributed by atoms with Crippen molar-refractivity contribution in [2.75, 3.05) is 10.0 Å². The van der Waals surface area contributed by atoms with Crippen molar-refractivity contribution in [2.45, 2.75) is 4.21 Å². The lowest BCUT2D eigenvalue weighted by molar-refractivity contribution is 0.102. The molecule has 4 aromatic rings. The van der Waals surface area contributed by atoms with E-state index in [4.69, 9.17) is 0 Å². The maximum absolute atomic E-state index is 12.6. The van der Waals surface area contributed by atoms with Crippen LogP contribution in [0.1, 0.15) is 10.4 Å². The van der Waals surface area contributed by atoms with Gasteiger partial charge in [-0.25, -0.2) is 13.4 Å². The van der Waals surface area contributed by atoms with E-state index in [2.05, 4.69) is 15.0 Å². The monoisotopic (exact) mass is 424 g/mol. The van der Waals surface area contributed by atoms with E-state index >= 15 is 0 Å². The maximum atomic E-state index is 12.6. The van der Waals surface area contributed by atoms with E-state index in [1.165, 1.54) is 12.1 Å². The average molecular weight is 425 g/mol. The summed E-state index contributed by atoms with van der Waals surface area (Å²) in [5.74, 6) is -0.336. The van der Waals surface area contributed by atoms with Gasteiger partial charge in [-0.3, -0.25) is 9.52 Å². The van der Waals surface area contributed by atoms with Crippen LogP contribution in [0.3, 0.4) is 0 Å². The molecule has 2 aromatic heterocycles. The van der Waals surface area contributed by atoms with Crippen LogP contribution >= 0.6 is 11.3 Å². The van der Waals surface area contributed by atoms with Crippen LogP contribution in [-0.2, 0) is 10.0 Å². The highest BCUT2D eigenvalue weighted by atomic mass is 32.2. The first-order valence-corrected chi connectivity index (χ1v) is 10.9. The second kappa shape index (κ2) is 7.90. The lowest BCUT2D eigenvalue weighted by atomic mass is 10.2. The van der Waals surface area contributed by atoms with Gasteiger partial charge < -0.3 is 9.88 Å². The Balaban J connectivity index is 1.47. The van der Waals surface area contributed by atoms with Gasteiger partial charge in [0, 0.05) is 35.0 Å². The quantitative estimate of drug-likeness (QED) is 0.489. The van der Waals surface area contributed by atoms with Gasteiger partial charge in [0.15, 0.2) is 0 Å². The molecule has 2 N–H and O–H groups in total. The van der Waals surface area contributed by atoms with E-state index in [-0.39, 0.29) is 10.1 Å². The number of carbonyl (C=O) groups is 1. The summed E-state index contributed by atoms with van der Waals surface area (Å²) in [6.07, 6.45) is 5.21. The van der Waals surface area contributed by atoms with Crippen LogP contribution in [0.25, 0.3) is 5.69 Å². The third-order valence-corrected chi connectivity index (χ3v) is 6.84. The number of nitrogens with zero attached hydrogens (tertiary/aromatic N) is 2. The molecule has 146 valence electrons. The maximum Gasteiger partial charge on any atom is 0.271 e. The van der Waals surface area contributed by atoms with Gasteiger partial charge in [-0.1, -0.05) is 12.1 Å². The molecule has 29 heavy (non-hydrogen) atoms. The molecule has 0 aliphatic heterocycles. The summed E-state index contributed by atoms with van der Waals surface area (Å²) >= 11 is 1.13. The van der Waals surface area contributed by atoms with Gasteiger partial charge in [0.2, 0.25) is 0 Å². The highest BCUT2D eigenvalue weighted by Gasteiger charge is 2.16. The Morgan fingerprint density at radius 3 is 2.52 bits per heavy atom. The Morgan fingerprint density at radius 2 is 1.83 bits per heavy atom. The Hall–Kier alpha value is -3.43. The molecular weight excluding hydrogens is 408 g/mol. The number of benzene rings is 2. The Labute approximate surface area is 171 Å². The standard InChI is InChI=1S/C20H16N4O3S2/c25-20(22-16-6-8-18(9-7-16)24-11-10-21-14-24)15-3-1-4-17(13-15)23-29(26,27)19-5-2-12-28-19/h1-14,23H,(H,22,25). The lowest BCUT2D eigenvalue weighted by Gasteiger charge is -2.10. The minimum absolute atomic E-state index is 0.213. The number of rotatable bonds is 6. The molecule has 0 aliphatic rings. The molecule has 0 radical (unpaired) electrons. The zero-order valence-corrected chi connectivity index (χ0v) is 16.7. The Morgan fingerprint density at radius 1 is 1.00 bits per heavy atom. The van der Waals surface area contributed by atoms with Crippen LogP contribution in [0, 0.1) is 0 Å². The Kier molecular flexibility index (Phi) is 5.15. The summed E-state index contributed by atoms with van der Waals surface area (Å²) in [5, 5.41) is 4.50. The molecule has 2 aromatic carbocycles. The van der Waals surface area contributed by atoms with Gasteiger partial charge in [0.1, 0.15) is 4.21 Å². The van der Waals surface area contributed by atoms with Crippen LogP contribution in [0.15, 0.2) is 89.0 Å². The fourth-order valence-corrected chi connectivity index (χ4v) is 4.72. The number of hydrogen-bond donors (Lipinski definition) is 2. The average Bonchev–Trinajstić information content (AvgIpc) is 3.43. The summed E-state index contributed by atoms with van der Waals surface area (Å²) in [6.45, 7) is 0. The highest BCUT2D eigenvalue weighted by molar-refractivity contribution is 7.94. The first-order valence-electron chi connectivity index (χ1n) is 8.57. The highest BCUT2D eigenvalue weighted by Crippen LogP contribution is 2.21. The van der Waals surface area contributed by atoms with Crippen LogP contribution in [0.4, 0.5) is 11.4 Å². The van der Waals surface area contributed by atoms with Crippen LogP contribution in [0.2, 0.25) is 0 Å². The molecule has 2 heterocycles. The molecular formula is C20H16N4O3S2. The summed E-state index contributed by atoms with van der Waals surface area (Å²) in [4.78, 5) is 16.6. The van der Waals surface area contributed by atoms with Gasteiger partial charge in [-0.2, -0.15) is 0 Å². The third-order valence-electron chi connectivity index (χ3n) is 4.06. The molecule has 0 bridgehead atoms. The number of anilines is 2. The van der Waals surface area contributed by atoms with Gasteiger partial charge in [-0.15, -0.1) is 11.3 Å². The largest absolute Gasteiger partial charge is 0.322 e. The number of sulfonamides is 1. The minimum atomic E-state index is -3.67. The molecule has 4 rings (SSSR count). The molecule has 0 unspecified atom stereocenters. The normalized spacial score (nSPS) is 11.2. The van der Waals surface area contributed by atoms with E-state index < -0.39 is 10.0 Å². The fraction of sp³-hybridized carbons (Fsp3) is 0. The van der Waals surface area contributed by atoms with Crippen molar-refractivity contribution in [1.29, 1.82) is 0 Å². The van der Waals surface area contributed by atoms with E-state index in [0.717, 1.165) is 17.0 Å². The topological polar surface area (TPSA) is 93.1 Å². The van der Waals surface area contributed by atoms with Gasteiger partial charge in [-0.05, 0) is 53.9 Å². The second-order valence-electron chi connectivity index (χ2n) is 6.09. The number of amides is 1. The number of aromatic nitrogens is 2. The van der Waals surface area contributed by atoms with Crippen molar-refractivity contribution >= 4 is 38.6 Å². The third kappa shape index (κ3) is 4.36. The predicted octanol–water partition coefficient (Wildman–Crippen LogP) is 3.99. The molecule has 0 fully saturated rings. The summed E-state index contributed by atoms with van der Waals surface area (Å²) in [7, 11) is -3.67. The molecule has 0 atom stereocenters. The summed E-state index contributed by atoms with van der Waals surface area (Å²) in [6, 6.07) is 16.8. The zero-order valence-electron chi connectivity index (χ0n) is 15.0. The zero-order chi connectivity index (χ0) is 20.3. The SMILES string of the molecule is O=C(Nc1ccc(-n2ccnc2)cc1)c1cccc(NS(=O)(=O)c2cccs2)c1. The van der Waals surface area contributed by atoms with Gasteiger partial charge in [0.25, 0.3) is 15.9 Å². The van der Waals surface area contributed by atoms with Gasteiger partial charge in [0.05, 0.1) is 6.33 Å². The van der Waals surface area contributed by atoms with Crippen molar-refractivity contribution in [1.82, 2.24) is 9.55 Å². The number of nitrogens with one attached hydrogen (secondary N) is 2. The summed E-state index contributed by atoms with van der Waals surface area (Å²) in [5.41, 5.74) is 2.21. The minimum Gasteiger partial charge on any atom is -0.322 e. The predicted molar refractivity (Wildman–Crippen MR) is 113 cm³/mol. The number of hydrogen-bond acceptors (Lipinski definition) is 5. The molecule has 0 spiro atoms. The first-order chi connectivity index (χ1) is 14.0. The molecule has 1 amide bonds. The van der Waals surface area contributed by atoms with Crippen LogP contribution < -0.4 is 10.0 Å². The van der Waals surface area contributed by atoms with E-state index in [0.29, 0.717) is 16.9 Å². The number of thiophene rings is 1. The molecule has 9 heteroatoms. The fourth-order valence-electron chi connectivity index (χ4n) is 2.68. The molecule has 0 saturated carbocycles. The lowest BCUT2D eigenvalue weighted by Crippen LogP contribution is -2.14. The van der Waals surface area contributed by atoms with E-state index in [9.17, 15) is 13.2 Å². The first kappa shape index (κ1) is 18.9. The summed E-state index contributed by atoms with van der Waals surface area (Å²) < 4.78 is 29.3. The molecule has 7 nitrogen and oxygen atoms in total. The van der Waals surface area contributed by atoms with Crippen molar-refractivity contribution in [3.63, 3.8) is 0 Å².